The summed E-state index contributed by atoms with van der Waals surface area (Å²) in [4.78, 5) is 11.4. The van der Waals surface area contributed by atoms with Crippen LogP contribution in [0.25, 0.3) is 6.08 Å². The third-order valence-corrected chi connectivity index (χ3v) is 3.91. The van der Waals surface area contributed by atoms with E-state index in [4.69, 9.17) is 4.74 Å². The molecule has 4 heteroatoms. The Morgan fingerprint density at radius 3 is 2.55 bits per heavy atom. The average Bonchev–Trinajstić information content (AvgIpc) is 2.40. The van der Waals surface area contributed by atoms with E-state index in [1.807, 2.05) is 36.4 Å². The van der Waals surface area contributed by atoms with Crippen molar-refractivity contribution >= 4 is 19.2 Å². The van der Waals surface area contributed by atoms with Gasteiger partial charge in [0.25, 0.3) is 0 Å². The van der Waals surface area contributed by atoms with Crippen molar-refractivity contribution in [3.05, 3.63) is 54.1 Å². The number of hydrogen-bond donors (Lipinski definition) is 0. The Labute approximate surface area is 120 Å². The zero-order chi connectivity index (χ0) is 14.8. The van der Waals surface area contributed by atoms with E-state index >= 15 is 0 Å². The Kier molecular flexibility index (Phi) is 7.03. The maximum atomic E-state index is 11.4. The van der Waals surface area contributed by atoms with Crippen molar-refractivity contribution in [2.24, 2.45) is 0 Å². The SMILES string of the molecule is CP(C)(=O)CCCOC(=O)/C=C/C=C/c1ccccc1. The van der Waals surface area contributed by atoms with Crippen LogP contribution in [0.2, 0.25) is 0 Å². The minimum atomic E-state index is -2.01. The number of ether oxygens (including phenoxy) is 1. The van der Waals surface area contributed by atoms with E-state index in [1.165, 1.54) is 6.08 Å². The molecule has 20 heavy (non-hydrogen) atoms. The molecule has 0 fully saturated rings. The molecule has 0 aliphatic heterocycles. The standard InChI is InChI=1S/C16H21O3P/c1-20(2,18)14-8-13-19-16(17)12-7-6-11-15-9-4-3-5-10-15/h3-7,9-12H,8,13-14H2,1-2H3/b11-6+,12-7+. The van der Waals surface area contributed by atoms with Crippen LogP contribution in [0.5, 0.6) is 0 Å². The molecule has 0 unspecified atom stereocenters. The third kappa shape index (κ3) is 8.49. The van der Waals surface area contributed by atoms with Gasteiger partial charge < -0.3 is 9.30 Å². The molecular weight excluding hydrogens is 271 g/mol. The fraction of sp³-hybridized carbons (Fsp3) is 0.312. The van der Waals surface area contributed by atoms with Crippen molar-refractivity contribution in [2.45, 2.75) is 6.42 Å². The number of rotatable bonds is 7. The first-order chi connectivity index (χ1) is 9.47. The summed E-state index contributed by atoms with van der Waals surface area (Å²) >= 11 is 0. The lowest BCUT2D eigenvalue weighted by molar-refractivity contribution is -0.137. The Balaban J connectivity index is 2.24. The molecule has 1 aromatic carbocycles. The number of benzene rings is 1. The molecule has 0 aromatic heterocycles. The lowest BCUT2D eigenvalue weighted by Crippen LogP contribution is -2.03. The van der Waals surface area contributed by atoms with E-state index in [2.05, 4.69) is 0 Å². The Bertz CT molecular complexity index is 512. The molecule has 0 N–H and O–H groups in total. The highest BCUT2D eigenvalue weighted by Gasteiger charge is 2.06. The van der Waals surface area contributed by atoms with E-state index in [1.54, 1.807) is 25.5 Å². The molecule has 1 rings (SSSR count). The molecule has 0 aliphatic rings. The van der Waals surface area contributed by atoms with Gasteiger partial charge in [0.05, 0.1) is 13.7 Å². The van der Waals surface area contributed by atoms with E-state index in [-0.39, 0.29) is 5.97 Å². The topological polar surface area (TPSA) is 43.4 Å². The average molecular weight is 292 g/mol. The van der Waals surface area contributed by atoms with E-state index in [0.717, 1.165) is 5.56 Å². The van der Waals surface area contributed by atoms with Crippen molar-refractivity contribution in [1.82, 2.24) is 0 Å². The first-order valence-electron chi connectivity index (χ1n) is 6.58. The van der Waals surface area contributed by atoms with Crippen LogP contribution in [0, 0.1) is 0 Å². The van der Waals surface area contributed by atoms with Crippen LogP contribution in [0.3, 0.4) is 0 Å². The van der Waals surface area contributed by atoms with Crippen LogP contribution >= 0.6 is 7.14 Å². The molecule has 0 radical (unpaired) electrons. The summed E-state index contributed by atoms with van der Waals surface area (Å²) < 4.78 is 16.5. The molecule has 0 heterocycles. The fourth-order valence-corrected chi connectivity index (χ4v) is 2.42. The number of allylic oxidation sites excluding steroid dienone is 2. The number of carbonyl (C=O) groups is 1. The van der Waals surface area contributed by atoms with Crippen LogP contribution in [-0.2, 0) is 14.1 Å². The number of carbonyl (C=O) groups excluding carboxylic acids is 1. The zero-order valence-corrected chi connectivity index (χ0v) is 12.9. The Morgan fingerprint density at radius 2 is 1.90 bits per heavy atom. The monoisotopic (exact) mass is 292 g/mol. The van der Waals surface area contributed by atoms with Crippen LogP contribution in [-0.4, -0.2) is 32.1 Å². The van der Waals surface area contributed by atoms with Crippen LogP contribution < -0.4 is 0 Å². The number of hydrogen-bond acceptors (Lipinski definition) is 3. The molecule has 0 atom stereocenters. The van der Waals surface area contributed by atoms with Gasteiger partial charge in [0.2, 0.25) is 0 Å². The second-order valence-corrected chi connectivity index (χ2v) is 8.54. The summed E-state index contributed by atoms with van der Waals surface area (Å²) in [5.74, 6) is -0.371. The highest BCUT2D eigenvalue weighted by Crippen LogP contribution is 2.36. The van der Waals surface area contributed by atoms with Gasteiger partial charge in [-0.15, -0.1) is 0 Å². The largest absolute Gasteiger partial charge is 0.463 e. The van der Waals surface area contributed by atoms with Gasteiger partial charge in [-0.3, -0.25) is 0 Å². The molecule has 3 nitrogen and oxygen atoms in total. The predicted octanol–water partition coefficient (Wildman–Crippen LogP) is 3.81. The summed E-state index contributed by atoms with van der Waals surface area (Å²) in [6.07, 6.45) is 8.00. The predicted molar refractivity (Wildman–Crippen MR) is 84.5 cm³/mol. The van der Waals surface area contributed by atoms with Crippen molar-refractivity contribution in [3.63, 3.8) is 0 Å². The van der Waals surface area contributed by atoms with Gasteiger partial charge in [0, 0.05) is 12.2 Å². The molecule has 0 bridgehead atoms. The second-order valence-electron chi connectivity index (χ2n) is 4.95. The van der Waals surface area contributed by atoms with Gasteiger partial charge >= 0.3 is 5.97 Å². The summed E-state index contributed by atoms with van der Waals surface area (Å²) in [6, 6.07) is 9.83. The zero-order valence-electron chi connectivity index (χ0n) is 12.0. The fourth-order valence-electron chi connectivity index (χ4n) is 1.53. The quantitative estimate of drug-likeness (QED) is 0.252. The van der Waals surface area contributed by atoms with Gasteiger partial charge in [-0.05, 0) is 25.3 Å². The highest BCUT2D eigenvalue weighted by atomic mass is 31.2. The first-order valence-corrected chi connectivity index (χ1v) is 9.36. The minimum Gasteiger partial charge on any atom is -0.463 e. The van der Waals surface area contributed by atoms with Gasteiger partial charge in [-0.1, -0.05) is 48.6 Å². The summed E-state index contributed by atoms with van der Waals surface area (Å²) in [6.45, 7) is 3.80. The van der Waals surface area contributed by atoms with Gasteiger partial charge in [-0.25, -0.2) is 4.79 Å². The lowest BCUT2D eigenvalue weighted by Gasteiger charge is -2.05. The summed E-state index contributed by atoms with van der Waals surface area (Å²) in [5, 5.41) is 0. The lowest BCUT2D eigenvalue weighted by atomic mass is 10.2. The highest BCUT2D eigenvalue weighted by molar-refractivity contribution is 7.62. The van der Waals surface area contributed by atoms with Crippen LogP contribution in [0.1, 0.15) is 12.0 Å². The third-order valence-electron chi connectivity index (χ3n) is 2.52. The van der Waals surface area contributed by atoms with Crippen molar-refractivity contribution in [3.8, 4) is 0 Å². The maximum absolute atomic E-state index is 11.4. The van der Waals surface area contributed by atoms with Gasteiger partial charge in [0.1, 0.15) is 0 Å². The normalized spacial score (nSPS) is 12.1. The molecule has 0 saturated heterocycles. The van der Waals surface area contributed by atoms with Crippen molar-refractivity contribution in [1.29, 1.82) is 0 Å². The number of esters is 1. The maximum Gasteiger partial charge on any atom is 0.330 e. The van der Waals surface area contributed by atoms with Crippen LogP contribution in [0.4, 0.5) is 0 Å². The molecule has 108 valence electrons. The van der Waals surface area contributed by atoms with Crippen molar-refractivity contribution in [2.75, 3.05) is 26.1 Å². The minimum absolute atomic E-state index is 0.317. The smallest absolute Gasteiger partial charge is 0.330 e. The summed E-state index contributed by atoms with van der Waals surface area (Å²) in [7, 11) is -2.01. The van der Waals surface area contributed by atoms with Crippen LogP contribution in [0.15, 0.2) is 48.6 Å². The first kappa shape index (κ1) is 16.5. The molecule has 0 aliphatic carbocycles. The molecular formula is C16H21O3P. The molecule has 0 spiro atoms. The Hall–Kier alpha value is -1.60. The van der Waals surface area contributed by atoms with E-state index in [9.17, 15) is 9.36 Å². The second kappa shape index (κ2) is 8.55. The molecule has 0 saturated carbocycles. The van der Waals surface area contributed by atoms with E-state index < -0.39 is 7.14 Å². The molecule has 0 amide bonds. The van der Waals surface area contributed by atoms with Crippen molar-refractivity contribution < 1.29 is 14.1 Å². The van der Waals surface area contributed by atoms with E-state index in [0.29, 0.717) is 19.2 Å². The summed E-state index contributed by atoms with van der Waals surface area (Å²) in [5.41, 5.74) is 1.08. The molecule has 1 aromatic rings. The van der Waals surface area contributed by atoms with Gasteiger partial charge in [-0.2, -0.15) is 0 Å². The Morgan fingerprint density at radius 1 is 1.20 bits per heavy atom. The van der Waals surface area contributed by atoms with Gasteiger partial charge in [0.15, 0.2) is 0 Å².